The molecule has 0 bridgehead atoms. The van der Waals surface area contributed by atoms with E-state index in [-0.39, 0.29) is 5.60 Å². The lowest BCUT2D eigenvalue weighted by atomic mass is 10.0. The average molecular weight is 299 g/mol. The van der Waals surface area contributed by atoms with Crippen LogP contribution in [0.25, 0.3) is 0 Å². The zero-order chi connectivity index (χ0) is 12.3. The van der Waals surface area contributed by atoms with E-state index in [1.807, 2.05) is 18.2 Å². The number of nitrogens with one attached hydrogen (secondary N) is 1. The molecule has 0 spiro atoms. The monoisotopic (exact) mass is 298 g/mol. The topological polar surface area (TPSA) is 47.3 Å². The van der Waals surface area contributed by atoms with Gasteiger partial charge in [-0.1, -0.05) is 15.9 Å². The van der Waals surface area contributed by atoms with Crippen molar-refractivity contribution in [2.75, 3.05) is 18.9 Å². The van der Waals surface area contributed by atoms with Crippen LogP contribution in [-0.2, 0) is 11.3 Å². The van der Waals surface area contributed by atoms with Gasteiger partial charge in [0.1, 0.15) is 0 Å². The smallest absolute Gasteiger partial charge is 0.0779 e. The molecule has 1 aromatic carbocycles. The Kier molecular flexibility index (Phi) is 4.07. The minimum Gasteiger partial charge on any atom is -0.399 e. The molecule has 3 nitrogen and oxygen atoms in total. The molecular formula is C13H19BrN2O. The number of hydrogen-bond acceptors (Lipinski definition) is 3. The van der Waals surface area contributed by atoms with Crippen LogP contribution in [0.2, 0.25) is 0 Å². The highest BCUT2D eigenvalue weighted by atomic mass is 79.9. The summed E-state index contributed by atoms with van der Waals surface area (Å²) in [6.45, 7) is 4.75. The van der Waals surface area contributed by atoms with Crippen LogP contribution in [0.1, 0.15) is 25.3 Å². The van der Waals surface area contributed by atoms with Gasteiger partial charge in [0, 0.05) is 29.9 Å². The van der Waals surface area contributed by atoms with Crippen molar-refractivity contribution in [3.63, 3.8) is 0 Å². The number of rotatable bonds is 4. The van der Waals surface area contributed by atoms with Gasteiger partial charge in [0.05, 0.1) is 5.60 Å². The Bertz CT molecular complexity index is 389. The van der Waals surface area contributed by atoms with Crippen LogP contribution >= 0.6 is 15.9 Å². The van der Waals surface area contributed by atoms with E-state index in [2.05, 4.69) is 28.2 Å². The van der Waals surface area contributed by atoms with Gasteiger partial charge in [0.25, 0.3) is 0 Å². The lowest BCUT2D eigenvalue weighted by Crippen LogP contribution is -2.36. The van der Waals surface area contributed by atoms with E-state index in [0.29, 0.717) is 0 Å². The molecular weight excluding hydrogens is 280 g/mol. The van der Waals surface area contributed by atoms with Crippen LogP contribution in [0.4, 0.5) is 5.69 Å². The van der Waals surface area contributed by atoms with Crippen LogP contribution < -0.4 is 11.1 Å². The van der Waals surface area contributed by atoms with E-state index in [1.54, 1.807) is 0 Å². The minimum atomic E-state index is 0.00675. The molecule has 3 N–H and O–H groups in total. The number of hydrogen-bond donors (Lipinski definition) is 2. The third kappa shape index (κ3) is 3.44. The van der Waals surface area contributed by atoms with Crippen LogP contribution in [0, 0.1) is 0 Å². The predicted octanol–water partition coefficient (Wildman–Crippen LogP) is 2.69. The van der Waals surface area contributed by atoms with Crippen molar-refractivity contribution in [2.24, 2.45) is 0 Å². The molecule has 0 aromatic heterocycles. The highest BCUT2D eigenvalue weighted by molar-refractivity contribution is 9.10. The first kappa shape index (κ1) is 12.9. The second-order valence-electron chi connectivity index (χ2n) is 4.86. The van der Waals surface area contributed by atoms with E-state index >= 15 is 0 Å². The molecule has 0 radical (unpaired) electrons. The lowest BCUT2D eigenvalue weighted by Gasteiger charge is -2.23. The Morgan fingerprint density at radius 3 is 3.06 bits per heavy atom. The maximum atomic E-state index is 5.77. The van der Waals surface area contributed by atoms with E-state index in [0.717, 1.165) is 36.3 Å². The molecule has 1 atom stereocenters. The summed E-state index contributed by atoms with van der Waals surface area (Å²) in [5.74, 6) is 0. The molecule has 2 rings (SSSR count). The molecule has 0 saturated carbocycles. The first-order chi connectivity index (χ1) is 8.09. The maximum absolute atomic E-state index is 5.77. The molecule has 94 valence electrons. The molecule has 1 heterocycles. The zero-order valence-electron chi connectivity index (χ0n) is 10.1. The van der Waals surface area contributed by atoms with Crippen LogP contribution in [0.5, 0.6) is 0 Å². The quantitative estimate of drug-likeness (QED) is 0.840. The highest BCUT2D eigenvalue weighted by Crippen LogP contribution is 2.24. The van der Waals surface area contributed by atoms with Gasteiger partial charge in [0.2, 0.25) is 0 Å². The fraction of sp³-hybridized carbons (Fsp3) is 0.538. The largest absolute Gasteiger partial charge is 0.399 e. The number of ether oxygens (including phenoxy) is 1. The van der Waals surface area contributed by atoms with Gasteiger partial charge < -0.3 is 15.8 Å². The summed E-state index contributed by atoms with van der Waals surface area (Å²) in [7, 11) is 0. The van der Waals surface area contributed by atoms with Crippen molar-refractivity contribution in [1.29, 1.82) is 0 Å². The molecule has 1 fully saturated rings. The standard InChI is InChI=1S/C13H19BrN2O/c1-13(5-2-6-17-13)9-16-8-10-7-11(15)3-4-12(10)14/h3-4,7,16H,2,5-6,8-9,15H2,1H3. The Morgan fingerprint density at radius 1 is 1.53 bits per heavy atom. The number of nitrogen functional groups attached to an aromatic ring is 1. The molecule has 0 aliphatic carbocycles. The molecule has 1 unspecified atom stereocenters. The Labute approximate surface area is 111 Å². The van der Waals surface area contributed by atoms with Gasteiger partial charge in [-0.3, -0.25) is 0 Å². The molecule has 1 saturated heterocycles. The summed E-state index contributed by atoms with van der Waals surface area (Å²) >= 11 is 3.53. The van der Waals surface area contributed by atoms with Gasteiger partial charge in [0.15, 0.2) is 0 Å². The summed E-state index contributed by atoms with van der Waals surface area (Å²) in [5, 5.41) is 3.44. The maximum Gasteiger partial charge on any atom is 0.0779 e. The highest BCUT2D eigenvalue weighted by Gasteiger charge is 2.28. The molecule has 0 amide bonds. The van der Waals surface area contributed by atoms with E-state index in [4.69, 9.17) is 10.5 Å². The first-order valence-electron chi connectivity index (χ1n) is 5.98. The van der Waals surface area contributed by atoms with Crippen molar-refractivity contribution in [1.82, 2.24) is 5.32 Å². The van der Waals surface area contributed by atoms with Crippen molar-refractivity contribution in [2.45, 2.75) is 31.9 Å². The number of halogens is 1. The van der Waals surface area contributed by atoms with Gasteiger partial charge in [-0.15, -0.1) is 0 Å². The van der Waals surface area contributed by atoms with Gasteiger partial charge in [-0.25, -0.2) is 0 Å². The third-order valence-corrected chi connectivity index (χ3v) is 3.96. The fourth-order valence-corrected chi connectivity index (χ4v) is 2.55. The number of anilines is 1. The number of nitrogens with two attached hydrogens (primary N) is 1. The van der Waals surface area contributed by atoms with Crippen LogP contribution in [-0.4, -0.2) is 18.8 Å². The molecule has 17 heavy (non-hydrogen) atoms. The van der Waals surface area contributed by atoms with Gasteiger partial charge in [-0.2, -0.15) is 0 Å². The molecule has 1 aromatic rings. The lowest BCUT2D eigenvalue weighted by molar-refractivity contribution is 0.0206. The third-order valence-electron chi connectivity index (χ3n) is 3.18. The molecule has 4 heteroatoms. The fourth-order valence-electron chi connectivity index (χ4n) is 2.17. The van der Waals surface area contributed by atoms with Crippen molar-refractivity contribution >= 4 is 21.6 Å². The van der Waals surface area contributed by atoms with Crippen molar-refractivity contribution in [3.05, 3.63) is 28.2 Å². The summed E-state index contributed by atoms with van der Waals surface area (Å²) in [5.41, 5.74) is 7.77. The zero-order valence-corrected chi connectivity index (χ0v) is 11.7. The normalized spacial score (nSPS) is 24.1. The van der Waals surface area contributed by atoms with E-state index in [9.17, 15) is 0 Å². The SMILES string of the molecule is CC1(CNCc2cc(N)ccc2Br)CCCO1. The van der Waals surface area contributed by atoms with E-state index in [1.165, 1.54) is 12.0 Å². The second kappa shape index (κ2) is 5.38. The van der Waals surface area contributed by atoms with E-state index < -0.39 is 0 Å². The summed E-state index contributed by atoms with van der Waals surface area (Å²) in [4.78, 5) is 0. The van der Waals surface area contributed by atoms with Crippen molar-refractivity contribution in [3.8, 4) is 0 Å². The van der Waals surface area contributed by atoms with Crippen LogP contribution in [0.3, 0.4) is 0 Å². The predicted molar refractivity (Wildman–Crippen MR) is 73.9 cm³/mol. The summed E-state index contributed by atoms with van der Waals surface area (Å²) in [6, 6.07) is 5.88. The molecule has 1 aliphatic heterocycles. The van der Waals surface area contributed by atoms with Crippen LogP contribution in [0.15, 0.2) is 22.7 Å². The average Bonchev–Trinajstić information content (AvgIpc) is 2.71. The first-order valence-corrected chi connectivity index (χ1v) is 6.77. The summed E-state index contributed by atoms with van der Waals surface area (Å²) < 4.78 is 6.83. The van der Waals surface area contributed by atoms with Crippen molar-refractivity contribution < 1.29 is 4.74 Å². The number of benzene rings is 1. The van der Waals surface area contributed by atoms with Gasteiger partial charge in [-0.05, 0) is 43.5 Å². The summed E-state index contributed by atoms with van der Waals surface area (Å²) in [6.07, 6.45) is 2.30. The molecule has 1 aliphatic rings. The Morgan fingerprint density at radius 2 is 2.35 bits per heavy atom. The second-order valence-corrected chi connectivity index (χ2v) is 5.71. The Hall–Kier alpha value is -0.580. The Balaban J connectivity index is 1.87. The minimum absolute atomic E-state index is 0.00675. The van der Waals surface area contributed by atoms with Gasteiger partial charge >= 0.3 is 0 Å².